The number of aromatic nitrogens is 1. The van der Waals surface area contributed by atoms with Gasteiger partial charge in [0.25, 0.3) is 5.56 Å². The van der Waals surface area contributed by atoms with Crippen LogP contribution in [0.1, 0.15) is 41.6 Å². The van der Waals surface area contributed by atoms with Gasteiger partial charge in [-0.15, -0.1) is 0 Å². The van der Waals surface area contributed by atoms with Crippen LogP contribution in [0.4, 0.5) is 5.69 Å². The topological polar surface area (TPSA) is 117 Å². The van der Waals surface area contributed by atoms with Crippen LogP contribution >= 0.6 is 11.3 Å². The van der Waals surface area contributed by atoms with E-state index in [1.807, 2.05) is 43.3 Å². The van der Waals surface area contributed by atoms with E-state index in [0.717, 1.165) is 11.3 Å². The van der Waals surface area contributed by atoms with Gasteiger partial charge in [0.2, 0.25) is 0 Å². The molecular formula is C30H26N3O6S-. The molecule has 0 saturated heterocycles. The lowest BCUT2D eigenvalue weighted by Crippen LogP contribution is -2.39. The molecule has 9 nitrogen and oxygen atoms in total. The molecule has 0 radical (unpaired) electrons. The standard InChI is InChI=1S/C30H27N3O6S/c1-5-38-29(37)25-17(2)31-30-33(26(25)19-10-12-21(13-11-19)32(3)4)27(34)24(40-30)16-22-14-15-23(39-22)18-6-8-20(9-7-18)28(35)36/h6-16,26H,5H2,1-4H3,(H,35,36)/p-1/b24-16-/t26-/m1/s1. The van der Waals surface area contributed by atoms with Gasteiger partial charge in [-0.3, -0.25) is 9.36 Å². The van der Waals surface area contributed by atoms with Crippen molar-refractivity contribution in [1.82, 2.24) is 4.57 Å². The molecule has 3 heterocycles. The fourth-order valence-electron chi connectivity index (χ4n) is 4.55. The number of carboxylic acids is 1. The maximum atomic E-state index is 13.8. The molecule has 0 saturated carbocycles. The number of esters is 1. The molecule has 0 bridgehead atoms. The number of carboxylic acid groups (broad SMARTS) is 1. The summed E-state index contributed by atoms with van der Waals surface area (Å²) in [5.41, 5.74) is 3.00. The second-order valence-electron chi connectivity index (χ2n) is 9.36. The third-order valence-electron chi connectivity index (χ3n) is 6.55. The highest BCUT2D eigenvalue weighted by Gasteiger charge is 2.33. The zero-order valence-electron chi connectivity index (χ0n) is 22.3. The van der Waals surface area contributed by atoms with Gasteiger partial charge in [0.05, 0.1) is 34.4 Å². The van der Waals surface area contributed by atoms with E-state index in [-0.39, 0.29) is 17.7 Å². The zero-order chi connectivity index (χ0) is 28.6. The largest absolute Gasteiger partial charge is 0.545 e. The highest BCUT2D eigenvalue weighted by atomic mass is 32.1. The lowest BCUT2D eigenvalue weighted by molar-refractivity contribution is -0.255. The van der Waals surface area contributed by atoms with Gasteiger partial charge in [-0.25, -0.2) is 9.79 Å². The molecule has 0 N–H and O–H groups in total. The number of rotatable bonds is 7. The van der Waals surface area contributed by atoms with Crippen molar-refractivity contribution in [2.75, 3.05) is 25.6 Å². The fraction of sp³-hybridized carbons (Fsp3) is 0.200. The van der Waals surface area contributed by atoms with Crippen LogP contribution in [0.25, 0.3) is 17.4 Å². The number of benzene rings is 2. The molecule has 1 aliphatic rings. The number of allylic oxidation sites excluding steroid dienone is 1. The summed E-state index contributed by atoms with van der Waals surface area (Å²) in [7, 11) is 3.88. The summed E-state index contributed by atoms with van der Waals surface area (Å²) in [6.07, 6.45) is 1.64. The first-order valence-electron chi connectivity index (χ1n) is 12.6. The first-order valence-corrected chi connectivity index (χ1v) is 13.4. The van der Waals surface area contributed by atoms with Gasteiger partial charge >= 0.3 is 5.97 Å². The Morgan fingerprint density at radius 3 is 2.42 bits per heavy atom. The summed E-state index contributed by atoms with van der Waals surface area (Å²) in [6.45, 7) is 3.68. The minimum Gasteiger partial charge on any atom is -0.545 e. The van der Waals surface area contributed by atoms with Crippen LogP contribution in [-0.2, 0) is 9.53 Å². The molecular weight excluding hydrogens is 530 g/mol. The molecule has 0 aliphatic carbocycles. The van der Waals surface area contributed by atoms with Gasteiger partial charge in [0.15, 0.2) is 4.80 Å². The Balaban J connectivity index is 1.59. The number of ether oxygens (including phenoxy) is 1. The number of anilines is 1. The van der Waals surface area contributed by atoms with Crippen molar-refractivity contribution in [2.24, 2.45) is 4.99 Å². The summed E-state index contributed by atoms with van der Waals surface area (Å²) >= 11 is 1.21. The van der Waals surface area contributed by atoms with Crippen LogP contribution in [0, 0.1) is 0 Å². The summed E-state index contributed by atoms with van der Waals surface area (Å²) in [5, 5.41) is 11.0. The van der Waals surface area contributed by atoms with E-state index in [1.165, 1.54) is 28.0 Å². The average molecular weight is 557 g/mol. The average Bonchev–Trinajstić information content (AvgIpc) is 3.52. The molecule has 1 atom stereocenters. The van der Waals surface area contributed by atoms with Gasteiger partial charge in [-0.1, -0.05) is 47.7 Å². The Bertz CT molecular complexity index is 1810. The Kier molecular flexibility index (Phi) is 7.27. The molecule has 40 heavy (non-hydrogen) atoms. The van der Waals surface area contributed by atoms with Gasteiger partial charge in [0.1, 0.15) is 11.5 Å². The van der Waals surface area contributed by atoms with Crippen LogP contribution in [0.15, 0.2) is 86.1 Å². The maximum absolute atomic E-state index is 13.8. The van der Waals surface area contributed by atoms with Gasteiger partial charge in [0, 0.05) is 31.4 Å². The first-order chi connectivity index (χ1) is 19.2. The second kappa shape index (κ2) is 10.8. The Labute approximate surface area is 233 Å². The maximum Gasteiger partial charge on any atom is 0.338 e. The van der Waals surface area contributed by atoms with E-state index < -0.39 is 18.0 Å². The van der Waals surface area contributed by atoms with Crippen molar-refractivity contribution < 1.29 is 23.8 Å². The van der Waals surface area contributed by atoms with E-state index in [2.05, 4.69) is 4.99 Å². The fourth-order valence-corrected chi connectivity index (χ4v) is 5.57. The minimum absolute atomic E-state index is 0.0695. The van der Waals surface area contributed by atoms with E-state index in [0.29, 0.717) is 37.7 Å². The van der Waals surface area contributed by atoms with Crippen molar-refractivity contribution in [3.8, 4) is 11.3 Å². The number of carbonyl (C=O) groups excluding carboxylic acids is 2. The smallest absolute Gasteiger partial charge is 0.338 e. The van der Waals surface area contributed by atoms with Crippen LogP contribution in [0.2, 0.25) is 0 Å². The summed E-state index contributed by atoms with van der Waals surface area (Å²) in [6, 6.07) is 16.6. The molecule has 2 aromatic carbocycles. The predicted octanol–water partition coefficient (Wildman–Crippen LogP) is 2.49. The highest BCUT2D eigenvalue weighted by Crippen LogP contribution is 2.31. The molecule has 1 aliphatic heterocycles. The number of aromatic carboxylic acids is 1. The van der Waals surface area contributed by atoms with Crippen molar-refractivity contribution in [3.05, 3.63) is 109 Å². The third-order valence-corrected chi connectivity index (χ3v) is 7.53. The minimum atomic E-state index is -1.25. The molecule has 0 amide bonds. The number of fused-ring (bicyclic) bond motifs is 1. The zero-order valence-corrected chi connectivity index (χ0v) is 23.2. The second-order valence-corrected chi connectivity index (χ2v) is 10.4. The van der Waals surface area contributed by atoms with Crippen molar-refractivity contribution in [2.45, 2.75) is 19.9 Å². The first kappa shape index (κ1) is 26.9. The number of nitrogens with zero attached hydrogens (tertiary/aromatic N) is 3. The number of furan rings is 1. The van der Waals surface area contributed by atoms with Gasteiger partial charge in [-0.2, -0.15) is 0 Å². The SMILES string of the molecule is CCOC(=O)C1=C(C)N=c2s/c(=C\c3ccc(-c4ccc(C(=O)[O-])cc4)o3)c(=O)n2[C@@H]1c1ccc(N(C)C)cc1. The molecule has 5 rings (SSSR count). The van der Waals surface area contributed by atoms with Gasteiger partial charge < -0.3 is 24.0 Å². The van der Waals surface area contributed by atoms with Crippen molar-refractivity contribution in [1.29, 1.82) is 0 Å². The van der Waals surface area contributed by atoms with Crippen LogP contribution in [0.5, 0.6) is 0 Å². The van der Waals surface area contributed by atoms with Crippen LogP contribution in [0.3, 0.4) is 0 Å². The van der Waals surface area contributed by atoms with Crippen molar-refractivity contribution in [3.63, 3.8) is 0 Å². The number of thiazole rings is 1. The van der Waals surface area contributed by atoms with E-state index in [9.17, 15) is 19.5 Å². The Hall–Kier alpha value is -4.70. The molecule has 4 aromatic rings. The number of hydrogen-bond donors (Lipinski definition) is 0. The number of hydrogen-bond acceptors (Lipinski definition) is 9. The Morgan fingerprint density at radius 2 is 1.80 bits per heavy atom. The molecule has 204 valence electrons. The third kappa shape index (κ3) is 5.01. The summed E-state index contributed by atoms with van der Waals surface area (Å²) in [4.78, 5) is 44.9. The summed E-state index contributed by atoms with van der Waals surface area (Å²) in [5.74, 6) is -0.809. The number of carbonyl (C=O) groups is 2. The van der Waals surface area contributed by atoms with Crippen LogP contribution in [-0.4, -0.2) is 37.2 Å². The molecule has 0 fully saturated rings. The van der Waals surface area contributed by atoms with Crippen molar-refractivity contribution >= 4 is 35.0 Å². The monoisotopic (exact) mass is 556 g/mol. The van der Waals surface area contributed by atoms with E-state index in [1.54, 1.807) is 44.2 Å². The van der Waals surface area contributed by atoms with Gasteiger partial charge in [-0.05, 0) is 49.2 Å². The predicted molar refractivity (Wildman–Crippen MR) is 150 cm³/mol. The molecule has 10 heteroatoms. The van der Waals surface area contributed by atoms with E-state index >= 15 is 0 Å². The highest BCUT2D eigenvalue weighted by molar-refractivity contribution is 7.07. The molecule has 0 spiro atoms. The van der Waals surface area contributed by atoms with E-state index in [4.69, 9.17) is 9.15 Å². The quantitative estimate of drug-likeness (QED) is 0.321. The normalized spacial score (nSPS) is 15.0. The molecule has 2 aromatic heterocycles. The lowest BCUT2D eigenvalue weighted by Gasteiger charge is -2.25. The Morgan fingerprint density at radius 1 is 1.10 bits per heavy atom. The summed E-state index contributed by atoms with van der Waals surface area (Å²) < 4.78 is 13.2. The van der Waals surface area contributed by atoms with Crippen LogP contribution < -0.4 is 24.9 Å². The lowest BCUT2D eigenvalue weighted by atomic mass is 9.95. The molecule has 0 unspecified atom stereocenters.